The third-order valence-electron chi connectivity index (χ3n) is 6.23. The number of aliphatic hydroxyl groups is 1. The van der Waals surface area contributed by atoms with Gasteiger partial charge in [-0.3, -0.25) is 19.7 Å². The smallest absolute Gasteiger partial charge is 0.396 e. The zero-order valence-corrected chi connectivity index (χ0v) is 19.0. The van der Waals surface area contributed by atoms with Gasteiger partial charge in [0.05, 0.1) is 29.2 Å². The van der Waals surface area contributed by atoms with Crippen molar-refractivity contribution in [2.45, 2.75) is 37.6 Å². The molecule has 0 aromatic heterocycles. The van der Waals surface area contributed by atoms with Crippen LogP contribution in [0.1, 0.15) is 41.1 Å². The van der Waals surface area contributed by atoms with E-state index < -0.39 is 47.7 Å². The zero-order chi connectivity index (χ0) is 26.0. The van der Waals surface area contributed by atoms with Gasteiger partial charge in [0.15, 0.2) is 6.29 Å². The second-order valence-electron chi connectivity index (χ2n) is 8.56. The molecule has 1 fully saturated rings. The van der Waals surface area contributed by atoms with E-state index in [0.717, 1.165) is 25.3 Å². The molecule has 1 saturated heterocycles. The number of carbonyl (C=O) groups excluding carboxylic acids is 2. The second-order valence-corrected chi connectivity index (χ2v) is 8.56. The number of anilines is 1. The van der Waals surface area contributed by atoms with Crippen molar-refractivity contribution in [3.63, 3.8) is 0 Å². The minimum atomic E-state index is -5.19. The summed E-state index contributed by atoms with van der Waals surface area (Å²) in [6, 6.07) is 4.93. The Balaban J connectivity index is 1.61. The number of aliphatic hydroxyl groups excluding tert-OH is 1. The van der Waals surface area contributed by atoms with Crippen LogP contribution < -0.4 is 10.2 Å². The summed E-state index contributed by atoms with van der Waals surface area (Å²) in [7, 11) is 0. The van der Waals surface area contributed by atoms with Crippen LogP contribution >= 0.6 is 0 Å². The summed E-state index contributed by atoms with van der Waals surface area (Å²) in [6.07, 6.45) is -2.77. The molecule has 2 unspecified atom stereocenters. The Morgan fingerprint density at radius 3 is 2.67 bits per heavy atom. The summed E-state index contributed by atoms with van der Waals surface area (Å²) in [6.45, 7) is -0.0548. The summed E-state index contributed by atoms with van der Waals surface area (Å²) in [5.74, 6) is -3.58. The number of non-ortho nitro benzene ring substituents is 1. The molecule has 2 aliphatic heterocycles. The summed E-state index contributed by atoms with van der Waals surface area (Å²) in [5, 5.41) is 24.4. The van der Waals surface area contributed by atoms with Crippen molar-refractivity contribution in [2.75, 3.05) is 37.8 Å². The Labute approximate surface area is 203 Å². The predicted molar refractivity (Wildman–Crippen MR) is 121 cm³/mol. The van der Waals surface area contributed by atoms with Crippen molar-refractivity contribution < 1.29 is 42.3 Å². The molecule has 2 amide bonds. The minimum Gasteiger partial charge on any atom is -0.396 e. The van der Waals surface area contributed by atoms with Crippen LogP contribution in [-0.2, 0) is 14.3 Å². The van der Waals surface area contributed by atoms with Gasteiger partial charge in [0, 0.05) is 37.2 Å². The SMILES string of the molecule is O=C(NCCOC1CCCCO1)c1ccc2c3c(cc([N+](=O)[O-])c2c1)N(C(=O)C(F)(F)F)CC3CO. The maximum Gasteiger partial charge on any atom is 0.471 e. The third kappa shape index (κ3) is 5.13. The van der Waals surface area contributed by atoms with Gasteiger partial charge in [-0.05, 0) is 42.3 Å². The van der Waals surface area contributed by atoms with Gasteiger partial charge in [-0.1, -0.05) is 6.07 Å². The lowest BCUT2D eigenvalue weighted by atomic mass is 9.93. The number of alkyl halides is 3. The molecule has 0 bridgehead atoms. The Morgan fingerprint density at radius 2 is 2.03 bits per heavy atom. The molecule has 194 valence electrons. The number of nitro groups is 1. The molecule has 0 spiro atoms. The number of hydrogen-bond donors (Lipinski definition) is 2. The molecule has 0 radical (unpaired) electrons. The van der Waals surface area contributed by atoms with E-state index in [0.29, 0.717) is 11.5 Å². The van der Waals surface area contributed by atoms with Gasteiger partial charge in [0.2, 0.25) is 0 Å². The Hall–Kier alpha value is -3.29. The van der Waals surface area contributed by atoms with Gasteiger partial charge < -0.3 is 24.8 Å². The molecule has 13 heteroatoms. The molecule has 0 aliphatic carbocycles. The predicted octanol–water partition coefficient (Wildman–Crippen LogP) is 3.01. The highest BCUT2D eigenvalue weighted by molar-refractivity contribution is 6.08. The molecular formula is C23H24F3N3O7. The van der Waals surface area contributed by atoms with Crippen molar-refractivity contribution >= 4 is 34.0 Å². The van der Waals surface area contributed by atoms with E-state index in [-0.39, 0.29) is 47.0 Å². The summed E-state index contributed by atoms with van der Waals surface area (Å²) in [4.78, 5) is 36.0. The lowest BCUT2D eigenvalue weighted by Crippen LogP contribution is -2.40. The zero-order valence-electron chi connectivity index (χ0n) is 19.0. The third-order valence-corrected chi connectivity index (χ3v) is 6.23. The van der Waals surface area contributed by atoms with Crippen molar-refractivity contribution in [1.29, 1.82) is 0 Å². The maximum absolute atomic E-state index is 13.1. The van der Waals surface area contributed by atoms with Crippen LogP contribution in [0.25, 0.3) is 10.8 Å². The highest BCUT2D eigenvalue weighted by atomic mass is 19.4. The average molecular weight is 511 g/mol. The first kappa shape index (κ1) is 25.8. The van der Waals surface area contributed by atoms with E-state index in [1.165, 1.54) is 18.2 Å². The number of halogens is 3. The Kier molecular flexibility index (Phi) is 7.43. The van der Waals surface area contributed by atoms with Gasteiger partial charge in [-0.15, -0.1) is 0 Å². The summed E-state index contributed by atoms with van der Waals surface area (Å²) in [5.41, 5.74) is -0.561. The van der Waals surface area contributed by atoms with Gasteiger partial charge in [0.25, 0.3) is 11.6 Å². The first-order valence-electron chi connectivity index (χ1n) is 11.4. The van der Waals surface area contributed by atoms with Crippen LogP contribution in [-0.4, -0.2) is 67.2 Å². The number of fused-ring (bicyclic) bond motifs is 3. The van der Waals surface area contributed by atoms with Crippen molar-refractivity contribution in [3.05, 3.63) is 45.5 Å². The molecule has 4 rings (SSSR count). The van der Waals surface area contributed by atoms with Gasteiger partial charge in [-0.2, -0.15) is 13.2 Å². The van der Waals surface area contributed by atoms with E-state index in [1.54, 1.807) is 0 Å². The standard InChI is InChI=1S/C23H24F3N3O7/c24-23(25,26)22(32)28-11-14(12-30)20-15-5-4-13(9-16(15)17(29(33)34)10-18(20)28)21(31)27-6-8-36-19-3-1-2-7-35-19/h4-5,9-10,14,19,30H,1-3,6-8,11-12H2,(H,27,31). The van der Waals surface area contributed by atoms with Crippen LogP contribution in [0, 0.1) is 10.1 Å². The maximum atomic E-state index is 13.1. The first-order valence-corrected chi connectivity index (χ1v) is 11.4. The number of benzene rings is 2. The minimum absolute atomic E-state index is 0.0120. The first-order chi connectivity index (χ1) is 17.1. The fraction of sp³-hybridized carbons (Fsp3) is 0.478. The van der Waals surface area contributed by atoms with Crippen LogP contribution in [0.15, 0.2) is 24.3 Å². The molecule has 2 atom stereocenters. The van der Waals surface area contributed by atoms with Gasteiger partial charge in [-0.25, -0.2) is 0 Å². The van der Waals surface area contributed by atoms with E-state index in [4.69, 9.17) is 9.47 Å². The summed E-state index contributed by atoms with van der Waals surface area (Å²) >= 11 is 0. The quantitative estimate of drug-likeness (QED) is 0.332. The number of ether oxygens (including phenoxy) is 2. The molecule has 10 nitrogen and oxygen atoms in total. The molecule has 2 N–H and O–H groups in total. The molecule has 2 aliphatic rings. The van der Waals surface area contributed by atoms with Crippen LogP contribution in [0.4, 0.5) is 24.5 Å². The monoisotopic (exact) mass is 511 g/mol. The molecule has 2 aromatic carbocycles. The summed E-state index contributed by atoms with van der Waals surface area (Å²) < 4.78 is 50.4. The average Bonchev–Trinajstić information content (AvgIpc) is 3.23. The molecular weight excluding hydrogens is 487 g/mol. The number of carbonyl (C=O) groups is 2. The van der Waals surface area contributed by atoms with E-state index in [2.05, 4.69) is 5.32 Å². The fourth-order valence-corrected chi connectivity index (χ4v) is 4.56. The number of nitro benzene ring substituents is 1. The number of nitrogens with zero attached hydrogens (tertiary/aromatic N) is 2. The Bertz CT molecular complexity index is 1180. The fourth-order valence-electron chi connectivity index (χ4n) is 4.56. The van der Waals surface area contributed by atoms with Gasteiger partial charge >= 0.3 is 12.1 Å². The molecule has 2 heterocycles. The largest absolute Gasteiger partial charge is 0.471 e. The van der Waals surface area contributed by atoms with Crippen molar-refractivity contribution in [3.8, 4) is 0 Å². The lowest BCUT2D eigenvalue weighted by Gasteiger charge is -2.22. The van der Waals surface area contributed by atoms with Crippen LogP contribution in [0.3, 0.4) is 0 Å². The second kappa shape index (κ2) is 10.4. The number of amides is 2. The number of rotatable bonds is 7. The van der Waals surface area contributed by atoms with Crippen molar-refractivity contribution in [1.82, 2.24) is 5.32 Å². The molecule has 2 aromatic rings. The number of nitrogens with one attached hydrogen (secondary N) is 1. The highest BCUT2D eigenvalue weighted by Gasteiger charge is 2.47. The molecule has 0 saturated carbocycles. The Morgan fingerprint density at radius 1 is 1.25 bits per heavy atom. The van der Waals surface area contributed by atoms with E-state index in [1.807, 2.05) is 0 Å². The highest BCUT2D eigenvalue weighted by Crippen LogP contribution is 2.46. The molecule has 36 heavy (non-hydrogen) atoms. The van der Waals surface area contributed by atoms with Crippen molar-refractivity contribution in [2.24, 2.45) is 0 Å². The van der Waals surface area contributed by atoms with Crippen LogP contribution in [0.5, 0.6) is 0 Å². The van der Waals surface area contributed by atoms with Gasteiger partial charge in [0.1, 0.15) is 0 Å². The lowest BCUT2D eigenvalue weighted by molar-refractivity contribution is -0.383. The van der Waals surface area contributed by atoms with Crippen LogP contribution in [0.2, 0.25) is 0 Å². The normalized spacial score (nSPS) is 19.8. The van der Waals surface area contributed by atoms with E-state index >= 15 is 0 Å². The van der Waals surface area contributed by atoms with E-state index in [9.17, 15) is 38.0 Å². The topological polar surface area (TPSA) is 131 Å². The number of hydrogen-bond acceptors (Lipinski definition) is 7.